The molecule has 0 bridgehead atoms. The summed E-state index contributed by atoms with van der Waals surface area (Å²) < 4.78 is 43.0. The maximum Gasteiger partial charge on any atom is 0.480 e. The minimum atomic E-state index is -4.44. The third-order valence-corrected chi connectivity index (χ3v) is 5.58. The lowest BCUT2D eigenvalue weighted by atomic mass is 9.82. The van der Waals surface area contributed by atoms with E-state index in [9.17, 15) is 24.4 Å². The fraction of sp³-hybridized carbons (Fsp3) is 0.889. The molecule has 1 rings (SSSR count). The Bertz CT molecular complexity index is 647. The molecule has 31 heavy (non-hydrogen) atoms. The van der Waals surface area contributed by atoms with E-state index < -0.39 is 74.6 Å². The fourth-order valence-electron chi connectivity index (χ4n) is 2.07. The summed E-state index contributed by atoms with van der Waals surface area (Å²) in [5.74, 6) is -1.26. The lowest BCUT2D eigenvalue weighted by Gasteiger charge is -2.25. The molecule has 2 radical (unpaired) electrons. The summed E-state index contributed by atoms with van der Waals surface area (Å²) in [6, 6.07) is -1.21. The highest BCUT2D eigenvalue weighted by Gasteiger charge is 2.50. The maximum absolute atomic E-state index is 12.9. The van der Waals surface area contributed by atoms with Crippen LogP contribution in [0.3, 0.4) is 0 Å². The number of rotatable bonds is 9. The van der Waals surface area contributed by atoms with Gasteiger partial charge in [-0.2, -0.15) is 0 Å². The van der Waals surface area contributed by atoms with E-state index >= 15 is 0 Å². The van der Waals surface area contributed by atoms with Crippen LogP contribution in [0.2, 0.25) is 0 Å². The summed E-state index contributed by atoms with van der Waals surface area (Å²) in [6.07, 6.45) is -2.60. The minimum absolute atomic E-state index is 0.553. The zero-order valence-corrected chi connectivity index (χ0v) is 19.8. The van der Waals surface area contributed by atoms with Gasteiger partial charge in [0.1, 0.15) is 25.7 Å². The van der Waals surface area contributed by atoms with Gasteiger partial charge >= 0.3 is 19.8 Å². The normalized spacial score (nSPS) is 27.2. The van der Waals surface area contributed by atoms with Crippen LogP contribution in [0.5, 0.6) is 0 Å². The second-order valence-corrected chi connectivity index (χ2v) is 11.0. The fourth-order valence-corrected chi connectivity index (χ4v) is 2.99. The van der Waals surface area contributed by atoms with Gasteiger partial charge < -0.3 is 24.4 Å². The number of esters is 2. The number of carbonyl (C=O) groups excluding carboxylic acids is 2. The smallest absolute Gasteiger partial charge is 0.437 e. The molecule has 1 unspecified atom stereocenters. The molecule has 0 saturated carbocycles. The van der Waals surface area contributed by atoms with Crippen molar-refractivity contribution in [2.75, 3.05) is 20.2 Å². The van der Waals surface area contributed by atoms with Crippen molar-refractivity contribution in [3.05, 3.63) is 0 Å². The molecule has 0 aliphatic carbocycles. The van der Waals surface area contributed by atoms with E-state index in [0.29, 0.717) is 0 Å². The first kappa shape index (κ1) is 28.0. The third-order valence-electron chi connectivity index (χ3n) is 4.27. The molecule has 1 aliphatic rings. The number of ether oxygens (including phenoxy) is 3. The molecule has 1 aliphatic heterocycles. The van der Waals surface area contributed by atoms with Gasteiger partial charge in [0.2, 0.25) is 13.6 Å². The quantitative estimate of drug-likeness (QED) is 0.219. The van der Waals surface area contributed by atoms with Crippen LogP contribution in [-0.2, 0) is 41.9 Å². The van der Waals surface area contributed by atoms with Gasteiger partial charge in [0.05, 0.1) is 17.4 Å². The number of phosphoric acid groups is 1. The van der Waals surface area contributed by atoms with Gasteiger partial charge in [-0.1, -0.05) is 0 Å². The maximum atomic E-state index is 12.9. The van der Waals surface area contributed by atoms with E-state index in [2.05, 4.69) is 0 Å². The largest absolute Gasteiger partial charge is 0.480 e. The Morgan fingerprint density at radius 1 is 1.00 bits per heavy atom. The second-order valence-electron chi connectivity index (χ2n) is 9.37. The van der Waals surface area contributed by atoms with Gasteiger partial charge in [0, 0.05) is 6.00 Å². The molecule has 0 amide bonds. The van der Waals surface area contributed by atoms with Gasteiger partial charge in [0.25, 0.3) is 0 Å². The Kier molecular flexibility index (Phi) is 9.30. The topological polar surface area (TPSA) is 147 Å². The molecular weight excluding hydrogens is 434 g/mol. The van der Waals surface area contributed by atoms with Gasteiger partial charge in [0.15, 0.2) is 0 Å². The van der Waals surface area contributed by atoms with Crippen molar-refractivity contribution in [2.45, 2.75) is 72.3 Å². The molecule has 2 N–H and O–H groups in total. The highest BCUT2D eigenvalue weighted by Crippen LogP contribution is 2.50. The van der Waals surface area contributed by atoms with Crippen LogP contribution in [-0.4, -0.2) is 74.0 Å². The lowest BCUT2D eigenvalue weighted by molar-refractivity contribution is -0.163. The van der Waals surface area contributed by atoms with E-state index in [4.69, 9.17) is 35.6 Å². The summed E-state index contributed by atoms with van der Waals surface area (Å²) in [5, 5.41) is 20.2. The summed E-state index contributed by atoms with van der Waals surface area (Å²) in [6.45, 7) is 8.85. The summed E-state index contributed by atoms with van der Waals surface area (Å²) in [5.41, 5.74) is -3.42. The standard InChI is InChI=1S/C18H32BO11P/c1-16(2,3)14(21)25-9-28-31(24,29-10-26-15(22)17(4,5)6)27-8-11-12(20)18(7,23)13(19)30-11/h11-13,20,23H,8-10H2,1-7H3/t11-,12-,13?,18-/m1/s1. The average molecular weight is 466 g/mol. The Labute approximate surface area is 183 Å². The Morgan fingerprint density at radius 2 is 1.42 bits per heavy atom. The molecule has 1 heterocycles. The second kappa shape index (κ2) is 10.3. The number of hydrogen-bond acceptors (Lipinski definition) is 11. The number of aliphatic hydroxyl groups is 2. The van der Waals surface area contributed by atoms with E-state index in [1.54, 1.807) is 41.5 Å². The third kappa shape index (κ3) is 8.13. The molecule has 0 aromatic rings. The van der Waals surface area contributed by atoms with E-state index in [-0.39, 0.29) is 0 Å². The molecule has 13 heteroatoms. The molecule has 4 atom stereocenters. The van der Waals surface area contributed by atoms with Crippen molar-refractivity contribution in [2.24, 2.45) is 10.8 Å². The first-order valence-corrected chi connectivity index (χ1v) is 11.1. The van der Waals surface area contributed by atoms with Crippen LogP contribution in [0.1, 0.15) is 48.5 Å². The summed E-state index contributed by atoms with van der Waals surface area (Å²) >= 11 is 0. The minimum Gasteiger partial charge on any atom is -0.437 e. The highest BCUT2D eigenvalue weighted by atomic mass is 31.2. The number of phosphoric ester groups is 1. The van der Waals surface area contributed by atoms with Crippen LogP contribution in [0, 0.1) is 10.8 Å². The van der Waals surface area contributed by atoms with Crippen LogP contribution in [0.25, 0.3) is 0 Å². The van der Waals surface area contributed by atoms with Crippen LogP contribution < -0.4 is 0 Å². The van der Waals surface area contributed by atoms with Crippen molar-refractivity contribution in [1.82, 2.24) is 0 Å². The SMILES string of the molecule is [B]C1O[C@H](COP(=O)(OCOC(=O)C(C)(C)C)OCOC(=O)C(C)(C)C)[C@@H](O)[C@@]1(C)O. The van der Waals surface area contributed by atoms with Gasteiger partial charge in [-0.25, -0.2) is 13.6 Å². The van der Waals surface area contributed by atoms with Crippen LogP contribution in [0.15, 0.2) is 0 Å². The first-order valence-electron chi connectivity index (χ1n) is 9.60. The zero-order valence-electron chi connectivity index (χ0n) is 18.9. The lowest BCUT2D eigenvalue weighted by Crippen LogP contribution is -2.46. The van der Waals surface area contributed by atoms with Gasteiger partial charge in [-0.05, 0) is 48.5 Å². The molecule has 0 spiro atoms. The highest BCUT2D eigenvalue weighted by molar-refractivity contribution is 7.48. The van der Waals surface area contributed by atoms with Gasteiger partial charge in [-0.3, -0.25) is 14.1 Å². The first-order chi connectivity index (χ1) is 13.9. The average Bonchev–Trinajstić information content (AvgIpc) is 2.81. The summed E-state index contributed by atoms with van der Waals surface area (Å²) in [7, 11) is 1.16. The van der Waals surface area contributed by atoms with E-state index in [1.807, 2.05) is 0 Å². The summed E-state index contributed by atoms with van der Waals surface area (Å²) in [4.78, 5) is 23.7. The Balaban J connectivity index is 2.76. The number of hydrogen-bond donors (Lipinski definition) is 2. The molecule has 178 valence electrons. The Morgan fingerprint density at radius 3 is 1.74 bits per heavy atom. The van der Waals surface area contributed by atoms with Crippen molar-refractivity contribution >= 4 is 27.6 Å². The predicted octanol–water partition coefficient (Wildman–Crippen LogP) is 1.24. The molecule has 1 fully saturated rings. The van der Waals surface area contributed by atoms with E-state index in [0.717, 1.165) is 0 Å². The number of carbonyl (C=O) groups is 2. The number of aliphatic hydroxyl groups excluding tert-OH is 1. The zero-order chi connectivity index (χ0) is 24.3. The molecule has 0 aromatic heterocycles. The monoisotopic (exact) mass is 466 g/mol. The molecular formula is C18H32BO11P. The molecule has 11 nitrogen and oxygen atoms in total. The van der Waals surface area contributed by atoms with Crippen molar-refractivity contribution < 1.29 is 52.1 Å². The Hall–Kier alpha value is -1.01. The van der Waals surface area contributed by atoms with E-state index in [1.165, 1.54) is 6.92 Å². The van der Waals surface area contributed by atoms with Crippen molar-refractivity contribution in [1.29, 1.82) is 0 Å². The van der Waals surface area contributed by atoms with Crippen LogP contribution in [0.4, 0.5) is 0 Å². The molecule has 0 aromatic carbocycles. The molecule has 1 saturated heterocycles. The van der Waals surface area contributed by atoms with Crippen LogP contribution >= 0.6 is 7.82 Å². The van der Waals surface area contributed by atoms with Gasteiger partial charge in [-0.15, -0.1) is 0 Å². The predicted molar refractivity (Wildman–Crippen MR) is 108 cm³/mol. The van der Waals surface area contributed by atoms with Crippen molar-refractivity contribution in [3.8, 4) is 0 Å². The van der Waals surface area contributed by atoms with Crippen molar-refractivity contribution in [3.63, 3.8) is 0 Å².